The minimum absolute atomic E-state index is 0.329. The van der Waals surface area contributed by atoms with E-state index in [0.29, 0.717) is 25.1 Å². The number of pyridine rings is 1. The van der Waals surface area contributed by atoms with Crippen LogP contribution in [0.5, 0.6) is 5.88 Å². The van der Waals surface area contributed by atoms with Gasteiger partial charge in [-0.05, 0) is 57.5 Å². The molecule has 0 bridgehead atoms. The molecule has 0 amide bonds. The Labute approximate surface area is 179 Å². The van der Waals surface area contributed by atoms with Gasteiger partial charge in [0.15, 0.2) is 0 Å². The molecule has 0 saturated heterocycles. The summed E-state index contributed by atoms with van der Waals surface area (Å²) in [6, 6.07) is 6.29. The topological polar surface area (TPSA) is 67.6 Å². The Kier molecular flexibility index (Phi) is 7.27. The molecule has 0 fully saturated rings. The number of hydrogen-bond donors (Lipinski definition) is 1. The lowest BCUT2D eigenvalue weighted by molar-refractivity contribution is 0.281. The summed E-state index contributed by atoms with van der Waals surface area (Å²) < 4.78 is 7.49. The van der Waals surface area contributed by atoms with E-state index in [9.17, 15) is 0 Å². The van der Waals surface area contributed by atoms with Crippen molar-refractivity contribution in [1.82, 2.24) is 25.1 Å². The summed E-state index contributed by atoms with van der Waals surface area (Å²) >= 11 is 0. The molecule has 1 atom stereocenters. The van der Waals surface area contributed by atoms with Crippen LogP contribution in [0.4, 0.5) is 0 Å². The second kappa shape index (κ2) is 10.1. The third-order valence-electron chi connectivity index (χ3n) is 5.04. The number of hydrogen-bond acceptors (Lipinski definition) is 6. The maximum atomic E-state index is 5.68. The Morgan fingerprint density at radius 2 is 2.17 bits per heavy atom. The normalized spacial score (nSPS) is 16.7. The number of hydrazone groups is 1. The number of aryl methyl sites for hydroxylation is 1. The van der Waals surface area contributed by atoms with Gasteiger partial charge in [0.1, 0.15) is 0 Å². The molecular weight excluding hydrogens is 376 g/mol. The zero-order valence-electron chi connectivity index (χ0n) is 18.6. The van der Waals surface area contributed by atoms with Crippen LogP contribution in [0.3, 0.4) is 0 Å². The maximum Gasteiger partial charge on any atom is 0.220 e. The van der Waals surface area contributed by atoms with Gasteiger partial charge in [-0.3, -0.25) is 9.69 Å². The van der Waals surface area contributed by atoms with E-state index in [1.807, 2.05) is 49.1 Å². The molecule has 3 rings (SSSR count). The predicted molar refractivity (Wildman–Crippen MR) is 121 cm³/mol. The highest BCUT2D eigenvalue weighted by atomic mass is 16.5. The Hall–Kier alpha value is -3.09. The van der Waals surface area contributed by atoms with Crippen LogP contribution < -0.4 is 10.1 Å². The first-order valence-electron chi connectivity index (χ1n) is 10.6. The summed E-state index contributed by atoms with van der Waals surface area (Å²) in [5.41, 5.74) is 5.27. The molecule has 0 spiro atoms. The van der Waals surface area contributed by atoms with Crippen molar-refractivity contribution in [2.45, 2.75) is 53.1 Å². The molecule has 1 N–H and O–H groups in total. The summed E-state index contributed by atoms with van der Waals surface area (Å²) in [7, 11) is 1.93. The summed E-state index contributed by atoms with van der Waals surface area (Å²) in [4.78, 5) is 4.35. The van der Waals surface area contributed by atoms with Gasteiger partial charge in [-0.25, -0.2) is 4.98 Å². The van der Waals surface area contributed by atoms with Crippen molar-refractivity contribution in [3.05, 3.63) is 59.3 Å². The molecular formula is C23H32N6O. The van der Waals surface area contributed by atoms with Gasteiger partial charge in [-0.2, -0.15) is 10.2 Å². The molecule has 3 heterocycles. The first kappa shape index (κ1) is 21.6. The van der Waals surface area contributed by atoms with Crippen LogP contribution in [0.1, 0.15) is 51.8 Å². The first-order valence-corrected chi connectivity index (χ1v) is 10.6. The molecule has 0 aromatic carbocycles. The summed E-state index contributed by atoms with van der Waals surface area (Å²) in [5.74, 6) is 0.642. The van der Waals surface area contributed by atoms with E-state index in [2.05, 4.69) is 47.3 Å². The lowest BCUT2D eigenvalue weighted by atomic mass is 10.1. The molecule has 2 aromatic rings. The number of aromatic nitrogens is 3. The minimum atomic E-state index is 0.329. The molecule has 30 heavy (non-hydrogen) atoms. The van der Waals surface area contributed by atoms with Crippen molar-refractivity contribution in [2.75, 3.05) is 6.61 Å². The molecule has 7 nitrogen and oxygen atoms in total. The van der Waals surface area contributed by atoms with Crippen LogP contribution in [0.15, 0.2) is 53.2 Å². The Bertz CT molecular complexity index is 943. The van der Waals surface area contributed by atoms with E-state index in [0.717, 1.165) is 35.5 Å². The molecule has 1 aliphatic heterocycles. The fourth-order valence-electron chi connectivity index (χ4n) is 3.32. The van der Waals surface area contributed by atoms with Crippen molar-refractivity contribution >= 4 is 11.8 Å². The Balaban J connectivity index is 1.93. The van der Waals surface area contributed by atoms with E-state index < -0.39 is 0 Å². The van der Waals surface area contributed by atoms with Gasteiger partial charge in [-0.1, -0.05) is 6.92 Å². The second-order valence-corrected chi connectivity index (χ2v) is 7.47. The Morgan fingerprint density at radius 1 is 1.33 bits per heavy atom. The zero-order valence-corrected chi connectivity index (χ0v) is 18.6. The number of allylic oxidation sites excluding steroid dienone is 2. The highest BCUT2D eigenvalue weighted by molar-refractivity contribution is 5.86. The Morgan fingerprint density at radius 3 is 2.87 bits per heavy atom. The van der Waals surface area contributed by atoms with Crippen molar-refractivity contribution in [1.29, 1.82) is 0 Å². The van der Waals surface area contributed by atoms with E-state index in [1.165, 1.54) is 5.70 Å². The number of ether oxygens (including phenoxy) is 1. The van der Waals surface area contributed by atoms with Gasteiger partial charge in [0.25, 0.3) is 0 Å². The van der Waals surface area contributed by atoms with Gasteiger partial charge in [-0.15, -0.1) is 0 Å². The van der Waals surface area contributed by atoms with Gasteiger partial charge < -0.3 is 10.1 Å². The van der Waals surface area contributed by atoms with Crippen LogP contribution in [0, 0.1) is 0 Å². The average molecular weight is 409 g/mol. The summed E-state index contributed by atoms with van der Waals surface area (Å²) in [5, 5.41) is 15.0. The zero-order chi connectivity index (χ0) is 21.5. The van der Waals surface area contributed by atoms with E-state index in [4.69, 9.17) is 9.84 Å². The van der Waals surface area contributed by atoms with Crippen molar-refractivity contribution in [3.63, 3.8) is 0 Å². The van der Waals surface area contributed by atoms with Gasteiger partial charge in [0.2, 0.25) is 5.88 Å². The summed E-state index contributed by atoms with van der Waals surface area (Å²) in [6.45, 7) is 9.66. The SMILES string of the molecule is CCOc1ncccc1/C=C/C(NCc1ccn(C)n1)=C1\CC(C)=NN1C(C)CC. The fourth-order valence-corrected chi connectivity index (χ4v) is 3.32. The first-order chi connectivity index (χ1) is 14.5. The summed E-state index contributed by atoms with van der Waals surface area (Å²) in [6.07, 6.45) is 9.70. The van der Waals surface area contributed by atoms with E-state index in [1.54, 1.807) is 6.20 Å². The predicted octanol–water partition coefficient (Wildman–Crippen LogP) is 4.11. The molecule has 0 saturated carbocycles. The molecule has 1 unspecified atom stereocenters. The van der Waals surface area contributed by atoms with Crippen LogP contribution in [0.2, 0.25) is 0 Å². The maximum absolute atomic E-state index is 5.68. The molecule has 1 aliphatic rings. The van der Waals surface area contributed by atoms with Gasteiger partial charge >= 0.3 is 0 Å². The van der Waals surface area contributed by atoms with Crippen LogP contribution in [-0.2, 0) is 13.6 Å². The van der Waals surface area contributed by atoms with Gasteiger partial charge in [0.05, 0.1) is 30.2 Å². The molecule has 160 valence electrons. The average Bonchev–Trinajstić information content (AvgIpc) is 3.34. The molecule has 2 aromatic heterocycles. The van der Waals surface area contributed by atoms with E-state index in [-0.39, 0.29) is 0 Å². The minimum Gasteiger partial charge on any atom is -0.478 e. The molecule has 7 heteroatoms. The van der Waals surface area contributed by atoms with Crippen molar-refractivity contribution in [2.24, 2.45) is 12.1 Å². The fraction of sp³-hybridized carbons (Fsp3) is 0.435. The van der Waals surface area contributed by atoms with Crippen molar-refractivity contribution in [3.8, 4) is 5.88 Å². The van der Waals surface area contributed by atoms with Crippen LogP contribution >= 0.6 is 0 Å². The molecule has 0 radical (unpaired) electrons. The van der Waals surface area contributed by atoms with Crippen LogP contribution in [0.25, 0.3) is 6.08 Å². The largest absolute Gasteiger partial charge is 0.478 e. The van der Waals surface area contributed by atoms with Crippen LogP contribution in [-0.4, -0.2) is 38.1 Å². The number of nitrogens with one attached hydrogen (secondary N) is 1. The van der Waals surface area contributed by atoms with E-state index >= 15 is 0 Å². The monoisotopic (exact) mass is 408 g/mol. The smallest absolute Gasteiger partial charge is 0.220 e. The highest BCUT2D eigenvalue weighted by Gasteiger charge is 2.24. The third kappa shape index (κ3) is 5.28. The lowest BCUT2D eigenvalue weighted by Crippen LogP contribution is -2.27. The van der Waals surface area contributed by atoms with Crippen molar-refractivity contribution < 1.29 is 4.74 Å². The quantitative estimate of drug-likeness (QED) is 0.676. The lowest BCUT2D eigenvalue weighted by Gasteiger charge is -2.25. The third-order valence-corrected chi connectivity index (χ3v) is 5.04. The van der Waals surface area contributed by atoms with Gasteiger partial charge in [0, 0.05) is 43.2 Å². The second-order valence-electron chi connectivity index (χ2n) is 7.47. The number of nitrogens with zero attached hydrogens (tertiary/aromatic N) is 5. The number of rotatable bonds is 9. The molecule has 0 aliphatic carbocycles. The highest BCUT2D eigenvalue weighted by Crippen LogP contribution is 2.27. The standard InChI is InChI=1S/C23H32N6O/c1-6-18(4)29-22(15-17(3)26-29)21(25-16-20-12-14-28(5)27-20)11-10-19-9-8-13-24-23(19)30-7-2/h8-14,18,25H,6-7,15-16H2,1-5H3/b11-10+,22-21-.